The number of hydrogen-bond acceptors (Lipinski definition) is 4. The first-order valence-corrected chi connectivity index (χ1v) is 8.23. The molecule has 0 aromatic carbocycles. The summed E-state index contributed by atoms with van der Waals surface area (Å²) < 4.78 is 4.14. The zero-order chi connectivity index (χ0) is 15.8. The van der Waals surface area contributed by atoms with Gasteiger partial charge in [0.05, 0.1) is 18.3 Å². The zero-order valence-corrected chi connectivity index (χ0v) is 13.7. The second kappa shape index (κ2) is 5.77. The fraction of sp³-hybridized carbons (Fsp3) is 0.471. The van der Waals surface area contributed by atoms with Gasteiger partial charge in [0.15, 0.2) is 0 Å². The maximum absolute atomic E-state index is 4.80. The summed E-state index contributed by atoms with van der Waals surface area (Å²) in [7, 11) is 2.06. The topological polar surface area (TPSA) is 51.2 Å². The molecule has 0 spiro atoms. The van der Waals surface area contributed by atoms with E-state index in [1.165, 1.54) is 18.5 Å². The highest BCUT2D eigenvalue weighted by molar-refractivity contribution is 5.33. The van der Waals surface area contributed by atoms with Gasteiger partial charge in [0.1, 0.15) is 5.82 Å². The molecule has 6 heteroatoms. The van der Waals surface area contributed by atoms with Crippen LogP contribution in [-0.2, 0) is 13.6 Å². The molecule has 6 nitrogen and oxygen atoms in total. The van der Waals surface area contributed by atoms with Crippen LogP contribution in [0.5, 0.6) is 0 Å². The molecule has 3 aromatic rings. The number of aromatic nitrogens is 5. The first kappa shape index (κ1) is 14.4. The van der Waals surface area contributed by atoms with E-state index in [9.17, 15) is 0 Å². The number of hydrogen-bond donors (Lipinski definition) is 0. The molecule has 0 unspecified atom stereocenters. The largest absolute Gasteiger partial charge is 0.337 e. The third-order valence-electron chi connectivity index (χ3n) is 4.81. The predicted molar refractivity (Wildman–Crippen MR) is 87.9 cm³/mol. The van der Waals surface area contributed by atoms with Crippen molar-refractivity contribution in [2.75, 3.05) is 6.54 Å². The highest BCUT2D eigenvalue weighted by Crippen LogP contribution is 2.31. The lowest BCUT2D eigenvalue weighted by Gasteiger charge is -2.35. The van der Waals surface area contributed by atoms with E-state index in [1.807, 2.05) is 29.2 Å². The van der Waals surface area contributed by atoms with Crippen molar-refractivity contribution in [1.82, 2.24) is 28.8 Å². The average molecular weight is 310 g/mol. The molecule has 1 aliphatic heterocycles. The normalized spacial score (nSPS) is 19.5. The van der Waals surface area contributed by atoms with Gasteiger partial charge in [0.2, 0.25) is 5.78 Å². The Morgan fingerprint density at radius 1 is 1.17 bits per heavy atom. The number of piperidine rings is 1. The minimum Gasteiger partial charge on any atom is -0.337 e. The van der Waals surface area contributed by atoms with Crippen LogP contribution in [0.1, 0.15) is 42.5 Å². The van der Waals surface area contributed by atoms with Crippen LogP contribution in [0.25, 0.3) is 5.78 Å². The Bertz CT molecular complexity index is 817. The van der Waals surface area contributed by atoms with Gasteiger partial charge in [-0.15, -0.1) is 0 Å². The van der Waals surface area contributed by atoms with Crippen LogP contribution in [0.15, 0.2) is 30.9 Å². The average Bonchev–Trinajstić information content (AvgIpc) is 3.18. The number of aryl methyl sites for hydroxylation is 2. The molecule has 0 N–H and O–H groups in total. The molecule has 1 fully saturated rings. The standard InChI is InChI=1S/C17H22N6/c1-13-11-14(20-17-19-7-10-23(13)17)15-5-3-4-8-22(15)12-16-18-6-9-21(16)2/h6-7,9-11,15H,3-5,8,12H2,1-2H3/t15-/m1/s1. The summed E-state index contributed by atoms with van der Waals surface area (Å²) in [5.41, 5.74) is 2.32. The number of nitrogens with zero attached hydrogens (tertiary/aromatic N) is 6. The Labute approximate surface area is 135 Å². The Morgan fingerprint density at radius 2 is 2.04 bits per heavy atom. The van der Waals surface area contributed by atoms with E-state index in [4.69, 9.17) is 4.98 Å². The molecule has 0 bridgehead atoms. The van der Waals surface area contributed by atoms with Crippen LogP contribution in [0.4, 0.5) is 0 Å². The van der Waals surface area contributed by atoms with Crippen LogP contribution < -0.4 is 0 Å². The molecule has 1 saturated heterocycles. The summed E-state index contributed by atoms with van der Waals surface area (Å²) in [6.07, 6.45) is 11.3. The molecular formula is C17H22N6. The first-order valence-electron chi connectivity index (χ1n) is 8.23. The van der Waals surface area contributed by atoms with E-state index < -0.39 is 0 Å². The number of likely N-dealkylation sites (tertiary alicyclic amines) is 1. The highest BCUT2D eigenvalue weighted by Gasteiger charge is 2.26. The van der Waals surface area contributed by atoms with Crippen molar-refractivity contribution in [3.05, 3.63) is 48.1 Å². The molecule has 0 radical (unpaired) electrons. The van der Waals surface area contributed by atoms with Crippen molar-refractivity contribution in [3.63, 3.8) is 0 Å². The minimum atomic E-state index is 0.348. The van der Waals surface area contributed by atoms with Crippen LogP contribution in [0, 0.1) is 6.92 Å². The van der Waals surface area contributed by atoms with Crippen molar-refractivity contribution in [2.24, 2.45) is 7.05 Å². The summed E-state index contributed by atoms with van der Waals surface area (Å²) in [6.45, 7) is 4.08. The maximum Gasteiger partial charge on any atom is 0.234 e. The monoisotopic (exact) mass is 310 g/mol. The van der Waals surface area contributed by atoms with E-state index >= 15 is 0 Å². The first-order chi connectivity index (χ1) is 11.2. The van der Waals surface area contributed by atoms with Gasteiger partial charge >= 0.3 is 0 Å². The van der Waals surface area contributed by atoms with Crippen molar-refractivity contribution >= 4 is 5.78 Å². The van der Waals surface area contributed by atoms with Crippen molar-refractivity contribution in [1.29, 1.82) is 0 Å². The zero-order valence-electron chi connectivity index (χ0n) is 13.7. The molecule has 4 rings (SSSR count). The molecule has 3 aromatic heterocycles. The van der Waals surface area contributed by atoms with E-state index in [-0.39, 0.29) is 0 Å². The van der Waals surface area contributed by atoms with Crippen molar-refractivity contribution in [3.8, 4) is 0 Å². The Hall–Kier alpha value is -2.21. The molecular weight excluding hydrogens is 288 g/mol. The fourth-order valence-corrected chi connectivity index (χ4v) is 3.50. The SMILES string of the molecule is Cc1cc([C@H]2CCCCN2Cc2nccn2C)nc2nccn12. The number of imidazole rings is 2. The summed E-state index contributed by atoms with van der Waals surface area (Å²) in [6, 6.07) is 2.55. The molecule has 1 atom stereocenters. The third-order valence-corrected chi connectivity index (χ3v) is 4.81. The number of rotatable bonds is 3. The molecule has 4 heterocycles. The molecule has 0 saturated carbocycles. The lowest BCUT2D eigenvalue weighted by Crippen LogP contribution is -2.34. The Morgan fingerprint density at radius 3 is 2.87 bits per heavy atom. The van der Waals surface area contributed by atoms with E-state index in [1.54, 1.807) is 0 Å². The van der Waals surface area contributed by atoms with Gasteiger partial charge in [0, 0.05) is 37.5 Å². The van der Waals surface area contributed by atoms with Crippen molar-refractivity contribution in [2.45, 2.75) is 38.8 Å². The van der Waals surface area contributed by atoms with E-state index in [0.29, 0.717) is 6.04 Å². The van der Waals surface area contributed by atoms with Crippen LogP contribution in [0.3, 0.4) is 0 Å². The smallest absolute Gasteiger partial charge is 0.234 e. The Kier molecular flexibility index (Phi) is 3.61. The highest BCUT2D eigenvalue weighted by atomic mass is 15.2. The molecule has 0 amide bonds. The second-order valence-electron chi connectivity index (χ2n) is 6.36. The summed E-state index contributed by atoms with van der Waals surface area (Å²) >= 11 is 0. The van der Waals surface area contributed by atoms with Gasteiger partial charge in [-0.05, 0) is 32.4 Å². The van der Waals surface area contributed by atoms with Gasteiger partial charge in [-0.2, -0.15) is 0 Å². The van der Waals surface area contributed by atoms with Crippen LogP contribution in [0.2, 0.25) is 0 Å². The van der Waals surface area contributed by atoms with Gasteiger partial charge in [0.25, 0.3) is 0 Å². The van der Waals surface area contributed by atoms with Gasteiger partial charge < -0.3 is 4.57 Å². The molecule has 23 heavy (non-hydrogen) atoms. The van der Waals surface area contributed by atoms with Crippen LogP contribution >= 0.6 is 0 Å². The molecule has 120 valence electrons. The van der Waals surface area contributed by atoms with E-state index in [2.05, 4.69) is 39.5 Å². The predicted octanol–water partition coefficient (Wildman–Crippen LogP) is 2.50. The number of fused-ring (bicyclic) bond motifs is 1. The summed E-state index contributed by atoms with van der Waals surface area (Å²) in [4.78, 5) is 16.2. The summed E-state index contributed by atoms with van der Waals surface area (Å²) in [5.74, 6) is 1.90. The minimum absolute atomic E-state index is 0.348. The second-order valence-corrected chi connectivity index (χ2v) is 6.36. The quantitative estimate of drug-likeness (QED) is 0.746. The lowest BCUT2D eigenvalue weighted by molar-refractivity contribution is 0.132. The molecule has 0 aliphatic carbocycles. The summed E-state index contributed by atoms with van der Waals surface area (Å²) in [5, 5.41) is 0. The lowest BCUT2D eigenvalue weighted by atomic mass is 9.98. The van der Waals surface area contributed by atoms with Gasteiger partial charge in [-0.25, -0.2) is 15.0 Å². The third kappa shape index (κ3) is 2.63. The van der Waals surface area contributed by atoms with E-state index in [0.717, 1.165) is 36.8 Å². The Balaban J connectivity index is 1.67. The molecule has 1 aliphatic rings. The van der Waals surface area contributed by atoms with Crippen molar-refractivity contribution < 1.29 is 0 Å². The fourth-order valence-electron chi connectivity index (χ4n) is 3.50. The maximum atomic E-state index is 4.80. The van der Waals surface area contributed by atoms with Gasteiger partial charge in [-0.3, -0.25) is 9.30 Å². The van der Waals surface area contributed by atoms with Crippen LogP contribution in [-0.4, -0.2) is 35.4 Å². The van der Waals surface area contributed by atoms with Gasteiger partial charge in [-0.1, -0.05) is 6.42 Å².